The van der Waals surface area contributed by atoms with Crippen LogP contribution in [0.5, 0.6) is 0 Å². The lowest BCUT2D eigenvalue weighted by Gasteiger charge is -2.15. The Morgan fingerprint density at radius 3 is 2.38 bits per heavy atom. The molecule has 0 aliphatic rings. The molecule has 0 heterocycles. The van der Waals surface area contributed by atoms with Gasteiger partial charge in [-0.1, -0.05) is 20.3 Å². The molecule has 1 unspecified atom stereocenters. The number of carbonyl (C=O) groups excluding carboxylic acids is 1. The van der Waals surface area contributed by atoms with E-state index in [1.165, 1.54) is 0 Å². The summed E-state index contributed by atoms with van der Waals surface area (Å²) in [4.78, 5) is 22.2. The molecule has 0 saturated heterocycles. The van der Waals surface area contributed by atoms with Crippen LogP contribution in [0.2, 0.25) is 0 Å². The zero-order chi connectivity index (χ0) is 12.6. The van der Waals surface area contributed by atoms with Crippen LogP contribution < -0.4 is 10.6 Å². The maximum absolute atomic E-state index is 11.4. The Morgan fingerprint density at radius 2 is 1.94 bits per heavy atom. The van der Waals surface area contributed by atoms with Crippen LogP contribution in [0.4, 0.5) is 0 Å². The van der Waals surface area contributed by atoms with E-state index in [0.717, 1.165) is 12.8 Å². The van der Waals surface area contributed by atoms with Crippen LogP contribution in [-0.2, 0) is 9.59 Å². The van der Waals surface area contributed by atoms with Crippen LogP contribution in [0.1, 0.15) is 40.0 Å². The Morgan fingerprint density at radius 1 is 1.31 bits per heavy atom. The maximum Gasteiger partial charge on any atom is 0.326 e. The second kappa shape index (κ2) is 8.10. The average Bonchev–Trinajstić information content (AvgIpc) is 2.25. The SMILES string of the molecule is CCC[C@H](NC(=O)CNC(C)CC)C(=O)O. The van der Waals surface area contributed by atoms with Gasteiger partial charge in [0.2, 0.25) is 5.91 Å². The molecule has 0 aromatic carbocycles. The first-order chi connectivity index (χ1) is 7.51. The van der Waals surface area contributed by atoms with E-state index in [9.17, 15) is 9.59 Å². The third-order valence-corrected chi connectivity index (χ3v) is 2.43. The fourth-order valence-electron chi connectivity index (χ4n) is 1.20. The van der Waals surface area contributed by atoms with Crippen molar-refractivity contribution in [3.05, 3.63) is 0 Å². The van der Waals surface area contributed by atoms with Gasteiger partial charge in [-0.3, -0.25) is 4.79 Å². The summed E-state index contributed by atoms with van der Waals surface area (Å²) in [6.45, 7) is 6.06. The number of carboxylic acid groups (broad SMARTS) is 1. The molecule has 0 saturated carbocycles. The quantitative estimate of drug-likeness (QED) is 0.575. The van der Waals surface area contributed by atoms with Crippen LogP contribution >= 0.6 is 0 Å². The summed E-state index contributed by atoms with van der Waals surface area (Å²) in [5.41, 5.74) is 0. The lowest BCUT2D eigenvalue weighted by molar-refractivity contribution is -0.141. The predicted octanol–water partition coefficient (Wildman–Crippen LogP) is 0.744. The van der Waals surface area contributed by atoms with E-state index < -0.39 is 12.0 Å². The van der Waals surface area contributed by atoms with Gasteiger partial charge in [-0.2, -0.15) is 0 Å². The number of hydrogen-bond donors (Lipinski definition) is 3. The lowest BCUT2D eigenvalue weighted by atomic mass is 10.1. The monoisotopic (exact) mass is 230 g/mol. The molecule has 0 aliphatic carbocycles. The van der Waals surface area contributed by atoms with E-state index >= 15 is 0 Å². The van der Waals surface area contributed by atoms with Crippen molar-refractivity contribution in [3.63, 3.8) is 0 Å². The first-order valence-electron chi connectivity index (χ1n) is 5.76. The van der Waals surface area contributed by atoms with Gasteiger partial charge < -0.3 is 15.7 Å². The standard InChI is InChI=1S/C11H22N2O3/c1-4-6-9(11(15)16)13-10(14)7-12-8(3)5-2/h8-9,12H,4-7H2,1-3H3,(H,13,14)(H,15,16)/t8?,9-/m0/s1. The number of hydrogen-bond acceptors (Lipinski definition) is 3. The first kappa shape index (κ1) is 14.9. The van der Waals surface area contributed by atoms with Gasteiger partial charge in [-0.15, -0.1) is 0 Å². The van der Waals surface area contributed by atoms with Gasteiger partial charge in [-0.05, 0) is 19.8 Å². The summed E-state index contributed by atoms with van der Waals surface area (Å²) < 4.78 is 0. The summed E-state index contributed by atoms with van der Waals surface area (Å²) in [6.07, 6.45) is 2.13. The zero-order valence-electron chi connectivity index (χ0n) is 10.2. The van der Waals surface area contributed by atoms with Crippen molar-refractivity contribution >= 4 is 11.9 Å². The first-order valence-corrected chi connectivity index (χ1v) is 5.76. The second-order valence-electron chi connectivity index (χ2n) is 3.94. The number of nitrogens with one attached hydrogen (secondary N) is 2. The number of amides is 1. The molecule has 0 fully saturated rings. The highest BCUT2D eigenvalue weighted by Gasteiger charge is 2.18. The fourth-order valence-corrected chi connectivity index (χ4v) is 1.20. The minimum atomic E-state index is -0.973. The molecule has 1 amide bonds. The summed E-state index contributed by atoms with van der Waals surface area (Å²) >= 11 is 0. The van der Waals surface area contributed by atoms with Crippen LogP contribution in [0.25, 0.3) is 0 Å². The van der Waals surface area contributed by atoms with E-state index in [4.69, 9.17) is 5.11 Å². The Balaban J connectivity index is 3.95. The van der Waals surface area contributed by atoms with Crippen molar-refractivity contribution in [1.29, 1.82) is 0 Å². The van der Waals surface area contributed by atoms with Gasteiger partial charge in [0.1, 0.15) is 6.04 Å². The van der Waals surface area contributed by atoms with Crippen LogP contribution in [-0.4, -0.2) is 35.6 Å². The molecule has 16 heavy (non-hydrogen) atoms. The molecule has 0 rings (SSSR count). The minimum absolute atomic E-state index is 0.169. The fraction of sp³-hybridized carbons (Fsp3) is 0.818. The van der Waals surface area contributed by atoms with E-state index in [0.29, 0.717) is 6.42 Å². The van der Waals surface area contributed by atoms with Gasteiger partial charge in [0.05, 0.1) is 6.54 Å². The third-order valence-electron chi connectivity index (χ3n) is 2.43. The minimum Gasteiger partial charge on any atom is -0.480 e. The molecule has 3 N–H and O–H groups in total. The maximum atomic E-state index is 11.4. The molecule has 0 bridgehead atoms. The third kappa shape index (κ3) is 6.40. The van der Waals surface area contributed by atoms with Crippen LogP contribution in [0.3, 0.4) is 0 Å². The number of carbonyl (C=O) groups is 2. The Hall–Kier alpha value is -1.10. The predicted molar refractivity (Wildman–Crippen MR) is 62.2 cm³/mol. The molecule has 0 aromatic heterocycles. The number of aliphatic carboxylic acids is 1. The van der Waals surface area contributed by atoms with Crippen molar-refractivity contribution in [3.8, 4) is 0 Å². The Labute approximate surface area is 96.6 Å². The van der Waals surface area contributed by atoms with Crippen molar-refractivity contribution in [1.82, 2.24) is 10.6 Å². The van der Waals surface area contributed by atoms with Crippen molar-refractivity contribution in [2.45, 2.75) is 52.1 Å². The zero-order valence-corrected chi connectivity index (χ0v) is 10.2. The Kier molecular flexibility index (Phi) is 7.54. The molecular weight excluding hydrogens is 208 g/mol. The van der Waals surface area contributed by atoms with E-state index in [1.807, 2.05) is 20.8 Å². The highest BCUT2D eigenvalue weighted by atomic mass is 16.4. The van der Waals surface area contributed by atoms with Gasteiger partial charge in [0.15, 0.2) is 0 Å². The second-order valence-corrected chi connectivity index (χ2v) is 3.94. The van der Waals surface area contributed by atoms with Crippen LogP contribution in [0, 0.1) is 0 Å². The topological polar surface area (TPSA) is 78.4 Å². The smallest absolute Gasteiger partial charge is 0.326 e. The summed E-state index contributed by atoms with van der Waals surface area (Å²) in [6, 6.07) is -0.503. The summed E-state index contributed by atoms with van der Waals surface area (Å²) in [5.74, 6) is -1.24. The number of rotatable bonds is 8. The van der Waals surface area contributed by atoms with E-state index in [-0.39, 0.29) is 18.5 Å². The number of carboxylic acids is 1. The molecule has 0 spiro atoms. The molecule has 94 valence electrons. The van der Waals surface area contributed by atoms with E-state index in [2.05, 4.69) is 10.6 Å². The largest absolute Gasteiger partial charge is 0.480 e. The van der Waals surface area contributed by atoms with Gasteiger partial charge in [0, 0.05) is 6.04 Å². The molecule has 0 radical (unpaired) electrons. The van der Waals surface area contributed by atoms with E-state index in [1.54, 1.807) is 0 Å². The van der Waals surface area contributed by atoms with Crippen LogP contribution in [0.15, 0.2) is 0 Å². The average molecular weight is 230 g/mol. The van der Waals surface area contributed by atoms with Crippen molar-refractivity contribution in [2.75, 3.05) is 6.54 Å². The molecule has 0 aliphatic heterocycles. The van der Waals surface area contributed by atoms with Gasteiger partial charge in [-0.25, -0.2) is 4.79 Å². The Bertz CT molecular complexity index is 231. The van der Waals surface area contributed by atoms with Gasteiger partial charge in [0.25, 0.3) is 0 Å². The molecule has 5 heteroatoms. The molecule has 5 nitrogen and oxygen atoms in total. The van der Waals surface area contributed by atoms with Crippen molar-refractivity contribution < 1.29 is 14.7 Å². The highest BCUT2D eigenvalue weighted by molar-refractivity contribution is 5.84. The molecule has 0 aromatic rings. The molecule has 2 atom stereocenters. The van der Waals surface area contributed by atoms with Gasteiger partial charge >= 0.3 is 5.97 Å². The normalized spacial score (nSPS) is 14.2. The highest BCUT2D eigenvalue weighted by Crippen LogP contribution is 1.96. The summed E-state index contributed by atoms with van der Waals surface area (Å²) in [5, 5.41) is 14.4. The van der Waals surface area contributed by atoms with Crippen molar-refractivity contribution in [2.24, 2.45) is 0 Å². The lowest BCUT2D eigenvalue weighted by Crippen LogP contribution is -2.45. The molecular formula is C11H22N2O3. The summed E-state index contributed by atoms with van der Waals surface area (Å²) in [7, 11) is 0.